The fourth-order valence-electron chi connectivity index (χ4n) is 2.28. The zero-order valence-electron chi connectivity index (χ0n) is 12.2. The molecule has 1 N–H and O–H groups in total. The molecule has 2 aromatic carbocycles. The van der Waals surface area contributed by atoms with Crippen LogP contribution in [0.2, 0.25) is 0 Å². The second-order valence-corrected chi connectivity index (χ2v) is 5.58. The number of rotatable bonds is 5. The van der Waals surface area contributed by atoms with Gasteiger partial charge in [-0.1, -0.05) is 46.3 Å². The molecule has 0 bridgehead atoms. The molecule has 1 aliphatic heterocycles. The molecule has 3 rings (SSSR count). The van der Waals surface area contributed by atoms with Crippen LogP contribution >= 0.6 is 15.9 Å². The molecule has 0 atom stereocenters. The lowest BCUT2D eigenvalue weighted by molar-refractivity contribution is -0.118. The van der Waals surface area contributed by atoms with Crippen LogP contribution in [-0.2, 0) is 11.4 Å². The number of alkyl halides is 1. The molecule has 5 nitrogen and oxygen atoms in total. The quantitative estimate of drug-likeness (QED) is 0.643. The summed E-state index contributed by atoms with van der Waals surface area (Å²) in [7, 11) is 0. The Labute approximate surface area is 141 Å². The normalized spacial score (nSPS) is 12.8. The van der Waals surface area contributed by atoms with Crippen LogP contribution < -0.4 is 14.8 Å². The largest absolute Gasteiger partial charge is 0.489 e. The van der Waals surface area contributed by atoms with Gasteiger partial charge in [-0.25, -0.2) is 0 Å². The van der Waals surface area contributed by atoms with E-state index in [-0.39, 0.29) is 23.6 Å². The Kier molecular flexibility index (Phi) is 4.62. The van der Waals surface area contributed by atoms with E-state index in [1.807, 2.05) is 30.3 Å². The van der Waals surface area contributed by atoms with E-state index in [1.54, 1.807) is 12.1 Å². The number of carbonyl (C=O) groups excluding carboxylic acids is 2. The van der Waals surface area contributed by atoms with Crippen molar-refractivity contribution in [2.24, 2.45) is 0 Å². The van der Waals surface area contributed by atoms with Gasteiger partial charge >= 0.3 is 0 Å². The summed E-state index contributed by atoms with van der Waals surface area (Å²) in [4.78, 5) is 23.6. The lowest BCUT2D eigenvalue weighted by atomic mass is 10.1. The molecule has 0 spiro atoms. The minimum absolute atomic E-state index is 0.0974. The van der Waals surface area contributed by atoms with E-state index in [0.29, 0.717) is 29.4 Å². The first kappa shape index (κ1) is 15.6. The third kappa shape index (κ3) is 3.53. The summed E-state index contributed by atoms with van der Waals surface area (Å²) in [6.07, 6.45) is 0. The van der Waals surface area contributed by atoms with Gasteiger partial charge in [0.05, 0.1) is 16.6 Å². The molecule has 1 heterocycles. The number of fused-ring (bicyclic) bond motifs is 1. The maximum atomic E-state index is 12.1. The highest BCUT2D eigenvalue weighted by Gasteiger charge is 2.24. The number of hydrogen-bond donors (Lipinski definition) is 1. The Morgan fingerprint density at radius 2 is 2.04 bits per heavy atom. The highest BCUT2D eigenvalue weighted by Crippen LogP contribution is 2.36. The van der Waals surface area contributed by atoms with Gasteiger partial charge in [-0.05, 0) is 11.6 Å². The van der Waals surface area contributed by atoms with Crippen molar-refractivity contribution in [1.82, 2.24) is 0 Å². The highest BCUT2D eigenvalue weighted by atomic mass is 79.9. The number of halogens is 1. The number of anilines is 1. The van der Waals surface area contributed by atoms with Crippen molar-refractivity contribution in [3.05, 3.63) is 53.6 Å². The van der Waals surface area contributed by atoms with Crippen molar-refractivity contribution in [3.8, 4) is 11.5 Å². The number of amides is 1. The maximum Gasteiger partial charge on any atom is 0.262 e. The van der Waals surface area contributed by atoms with Crippen molar-refractivity contribution in [2.75, 3.05) is 17.3 Å². The van der Waals surface area contributed by atoms with Crippen LogP contribution in [0.15, 0.2) is 42.5 Å². The fourth-order valence-corrected chi connectivity index (χ4v) is 2.58. The molecular weight excluding hydrogens is 362 g/mol. The first-order valence-electron chi connectivity index (χ1n) is 7.04. The Hall–Kier alpha value is -2.34. The SMILES string of the molecule is O=C1COc2c(cc(OCc3ccccc3)cc2C(=O)CBr)N1. The van der Waals surface area contributed by atoms with Gasteiger partial charge in [0.15, 0.2) is 18.1 Å². The fraction of sp³-hybridized carbons (Fsp3) is 0.176. The summed E-state index contributed by atoms with van der Waals surface area (Å²) in [6, 6.07) is 13.0. The summed E-state index contributed by atoms with van der Waals surface area (Å²) in [5, 5.41) is 2.87. The third-order valence-electron chi connectivity index (χ3n) is 3.35. The smallest absolute Gasteiger partial charge is 0.262 e. The molecule has 0 saturated heterocycles. The topological polar surface area (TPSA) is 64.6 Å². The summed E-state index contributed by atoms with van der Waals surface area (Å²) in [6.45, 7) is 0.274. The molecule has 1 amide bonds. The molecule has 118 valence electrons. The van der Waals surface area contributed by atoms with Gasteiger partial charge < -0.3 is 14.8 Å². The van der Waals surface area contributed by atoms with E-state index in [4.69, 9.17) is 9.47 Å². The van der Waals surface area contributed by atoms with Gasteiger partial charge in [0.2, 0.25) is 0 Å². The van der Waals surface area contributed by atoms with Crippen molar-refractivity contribution in [2.45, 2.75) is 6.61 Å². The molecule has 0 radical (unpaired) electrons. The van der Waals surface area contributed by atoms with Crippen LogP contribution in [0.5, 0.6) is 11.5 Å². The summed E-state index contributed by atoms with van der Waals surface area (Å²) >= 11 is 3.16. The maximum absolute atomic E-state index is 12.1. The number of ether oxygens (including phenoxy) is 2. The Balaban J connectivity index is 1.89. The minimum Gasteiger partial charge on any atom is -0.489 e. The van der Waals surface area contributed by atoms with Gasteiger partial charge in [-0.2, -0.15) is 0 Å². The number of carbonyl (C=O) groups is 2. The monoisotopic (exact) mass is 375 g/mol. The molecule has 0 fully saturated rings. The zero-order valence-corrected chi connectivity index (χ0v) is 13.8. The molecular formula is C17H14BrNO4. The predicted molar refractivity (Wildman–Crippen MR) is 89.5 cm³/mol. The zero-order chi connectivity index (χ0) is 16.2. The van der Waals surface area contributed by atoms with E-state index >= 15 is 0 Å². The van der Waals surface area contributed by atoms with Crippen LogP contribution in [0.1, 0.15) is 15.9 Å². The van der Waals surface area contributed by atoms with Crippen LogP contribution in [-0.4, -0.2) is 23.6 Å². The predicted octanol–water partition coefficient (Wildman–Crippen LogP) is 3.17. The standard InChI is InChI=1S/C17H14BrNO4/c18-8-15(20)13-6-12(22-9-11-4-2-1-3-5-11)7-14-17(13)23-10-16(21)19-14/h1-7H,8-10H2,(H,19,21). The van der Waals surface area contributed by atoms with E-state index in [1.165, 1.54) is 0 Å². The number of nitrogens with one attached hydrogen (secondary N) is 1. The summed E-state index contributed by atoms with van der Waals surface area (Å²) in [5.74, 6) is 0.501. The average Bonchev–Trinajstić information content (AvgIpc) is 2.59. The van der Waals surface area contributed by atoms with Gasteiger partial charge in [-0.15, -0.1) is 0 Å². The van der Waals surface area contributed by atoms with Gasteiger partial charge in [0.25, 0.3) is 5.91 Å². The molecule has 0 unspecified atom stereocenters. The van der Waals surface area contributed by atoms with Crippen molar-refractivity contribution in [1.29, 1.82) is 0 Å². The van der Waals surface area contributed by atoms with E-state index < -0.39 is 0 Å². The first-order chi connectivity index (χ1) is 11.2. The van der Waals surface area contributed by atoms with Crippen molar-refractivity contribution in [3.63, 3.8) is 0 Å². The summed E-state index contributed by atoms with van der Waals surface area (Å²) in [5.41, 5.74) is 1.86. The first-order valence-corrected chi connectivity index (χ1v) is 8.16. The lowest BCUT2D eigenvalue weighted by Gasteiger charge is -2.21. The second-order valence-electron chi connectivity index (χ2n) is 5.02. The van der Waals surface area contributed by atoms with Gasteiger partial charge in [-0.3, -0.25) is 9.59 Å². The molecule has 23 heavy (non-hydrogen) atoms. The van der Waals surface area contributed by atoms with Crippen molar-refractivity contribution < 1.29 is 19.1 Å². The lowest BCUT2D eigenvalue weighted by Crippen LogP contribution is -2.26. The van der Waals surface area contributed by atoms with Gasteiger partial charge in [0, 0.05) is 6.07 Å². The van der Waals surface area contributed by atoms with E-state index in [0.717, 1.165) is 5.56 Å². The number of hydrogen-bond acceptors (Lipinski definition) is 4. The summed E-state index contributed by atoms with van der Waals surface area (Å²) < 4.78 is 11.2. The van der Waals surface area contributed by atoms with Crippen molar-refractivity contribution >= 4 is 33.3 Å². The number of Topliss-reactive ketones (excluding diaryl/α,β-unsaturated/α-hetero) is 1. The molecule has 6 heteroatoms. The minimum atomic E-state index is -0.255. The van der Waals surface area contributed by atoms with Crippen LogP contribution in [0.3, 0.4) is 0 Å². The average molecular weight is 376 g/mol. The third-order valence-corrected chi connectivity index (χ3v) is 3.86. The van der Waals surface area contributed by atoms with Gasteiger partial charge in [0.1, 0.15) is 12.4 Å². The second kappa shape index (κ2) is 6.83. The van der Waals surface area contributed by atoms with E-state index in [9.17, 15) is 9.59 Å². The number of ketones is 1. The van der Waals surface area contributed by atoms with Crippen LogP contribution in [0, 0.1) is 0 Å². The van der Waals surface area contributed by atoms with E-state index in [2.05, 4.69) is 21.2 Å². The van der Waals surface area contributed by atoms with Crippen LogP contribution in [0.25, 0.3) is 0 Å². The Morgan fingerprint density at radius 1 is 1.26 bits per heavy atom. The highest BCUT2D eigenvalue weighted by molar-refractivity contribution is 9.09. The number of benzene rings is 2. The van der Waals surface area contributed by atoms with Crippen LogP contribution in [0.4, 0.5) is 5.69 Å². The molecule has 1 aliphatic rings. The molecule has 0 aromatic heterocycles. The Bertz CT molecular complexity index is 746. The molecule has 2 aromatic rings. The molecule has 0 saturated carbocycles. The Morgan fingerprint density at radius 3 is 2.78 bits per heavy atom. The molecule has 0 aliphatic carbocycles.